The normalized spacial score (nSPS) is 18.6. The lowest BCUT2D eigenvalue weighted by Gasteiger charge is -2.31. The number of hydrogen-bond donors (Lipinski definition) is 2. The highest BCUT2D eigenvalue weighted by Gasteiger charge is 2.22. The maximum absolute atomic E-state index is 12.6. The van der Waals surface area contributed by atoms with Crippen molar-refractivity contribution in [3.05, 3.63) is 29.6 Å². The van der Waals surface area contributed by atoms with Crippen molar-refractivity contribution in [2.24, 2.45) is 0 Å². The maximum Gasteiger partial charge on any atom is 0.236 e. The molecule has 0 spiro atoms. The molecular weight excluding hydrogens is 316 g/mol. The minimum Gasteiger partial charge on any atom is -0.392 e. The molecule has 0 aliphatic carbocycles. The zero-order chi connectivity index (χ0) is 17.8. The van der Waals surface area contributed by atoms with Crippen LogP contribution in [0.2, 0.25) is 0 Å². The Hall–Kier alpha value is -1.92. The molecule has 1 amide bonds. The predicted molar refractivity (Wildman–Crippen MR) is 98.5 cm³/mol. The van der Waals surface area contributed by atoms with E-state index in [4.69, 9.17) is 0 Å². The number of H-pyrrole nitrogens is 1. The van der Waals surface area contributed by atoms with Gasteiger partial charge in [0.2, 0.25) is 5.91 Å². The van der Waals surface area contributed by atoms with E-state index >= 15 is 0 Å². The van der Waals surface area contributed by atoms with Gasteiger partial charge >= 0.3 is 0 Å². The number of benzene rings is 1. The molecule has 6 nitrogen and oxygen atoms in total. The van der Waals surface area contributed by atoms with E-state index in [0.717, 1.165) is 42.7 Å². The molecule has 25 heavy (non-hydrogen) atoms. The van der Waals surface area contributed by atoms with Crippen molar-refractivity contribution in [3.8, 4) is 0 Å². The standard InChI is InChI=1S/C19H28N4O2/c1-3-23(19(25)13-22-9-4-5-15(24)12-22)10-8-18-20-16-7-6-14(2)11-17(16)21-18/h6-7,11,15,24H,3-5,8-10,12-13H2,1-2H3,(H,20,21)/t15-/m0/s1. The van der Waals surface area contributed by atoms with Gasteiger partial charge < -0.3 is 15.0 Å². The van der Waals surface area contributed by atoms with Crippen LogP contribution in [0.25, 0.3) is 11.0 Å². The molecule has 2 aromatic rings. The van der Waals surface area contributed by atoms with Crippen LogP contribution in [0.5, 0.6) is 0 Å². The number of carbonyl (C=O) groups is 1. The zero-order valence-electron chi connectivity index (χ0n) is 15.2. The largest absolute Gasteiger partial charge is 0.392 e. The van der Waals surface area contributed by atoms with E-state index in [-0.39, 0.29) is 12.0 Å². The third-order valence-electron chi connectivity index (χ3n) is 4.88. The number of hydrogen-bond acceptors (Lipinski definition) is 4. The molecule has 1 saturated heterocycles. The van der Waals surface area contributed by atoms with E-state index in [1.54, 1.807) is 0 Å². The summed E-state index contributed by atoms with van der Waals surface area (Å²) in [4.78, 5) is 24.4. The average Bonchev–Trinajstić information content (AvgIpc) is 2.97. The molecule has 0 unspecified atom stereocenters. The Morgan fingerprint density at radius 1 is 1.48 bits per heavy atom. The molecule has 6 heteroatoms. The Balaban J connectivity index is 1.56. The summed E-state index contributed by atoms with van der Waals surface area (Å²) in [5, 5.41) is 9.75. The highest BCUT2D eigenvalue weighted by atomic mass is 16.3. The first-order chi connectivity index (χ1) is 12.0. The van der Waals surface area contributed by atoms with E-state index in [1.165, 1.54) is 5.56 Å². The monoisotopic (exact) mass is 344 g/mol. The Labute approximate surface area is 148 Å². The first kappa shape index (κ1) is 17.9. The summed E-state index contributed by atoms with van der Waals surface area (Å²) in [5.74, 6) is 1.05. The van der Waals surface area contributed by atoms with E-state index in [0.29, 0.717) is 26.2 Å². The molecule has 2 N–H and O–H groups in total. The second-order valence-electron chi connectivity index (χ2n) is 6.96. The quantitative estimate of drug-likeness (QED) is 0.837. The van der Waals surface area contributed by atoms with Gasteiger partial charge in [0.25, 0.3) is 0 Å². The highest BCUT2D eigenvalue weighted by molar-refractivity contribution is 5.78. The van der Waals surface area contributed by atoms with Crippen LogP contribution in [-0.2, 0) is 11.2 Å². The summed E-state index contributed by atoms with van der Waals surface area (Å²) in [6, 6.07) is 6.17. The molecule has 1 fully saturated rings. The van der Waals surface area contributed by atoms with Crippen molar-refractivity contribution in [2.75, 3.05) is 32.7 Å². The molecule has 2 heterocycles. The van der Waals surface area contributed by atoms with Gasteiger partial charge in [0.15, 0.2) is 0 Å². The van der Waals surface area contributed by atoms with Gasteiger partial charge in [-0.1, -0.05) is 6.07 Å². The third-order valence-corrected chi connectivity index (χ3v) is 4.88. The van der Waals surface area contributed by atoms with Gasteiger partial charge in [-0.25, -0.2) is 4.98 Å². The molecule has 1 atom stereocenters. The summed E-state index contributed by atoms with van der Waals surface area (Å²) in [7, 11) is 0. The summed E-state index contributed by atoms with van der Waals surface area (Å²) in [6.07, 6.45) is 2.22. The Kier molecular flexibility index (Phi) is 5.71. The fourth-order valence-electron chi connectivity index (χ4n) is 3.46. The molecular formula is C19H28N4O2. The smallest absolute Gasteiger partial charge is 0.236 e. The Morgan fingerprint density at radius 2 is 2.32 bits per heavy atom. The molecule has 0 radical (unpaired) electrons. The number of rotatable bonds is 6. The number of imidazole rings is 1. The fourth-order valence-corrected chi connectivity index (χ4v) is 3.46. The van der Waals surface area contributed by atoms with Crippen LogP contribution in [0.1, 0.15) is 31.2 Å². The summed E-state index contributed by atoms with van der Waals surface area (Å²) >= 11 is 0. The number of β-amino-alcohol motifs (C(OH)–C–C–N with tert-alkyl or cyclic N) is 1. The second-order valence-corrected chi connectivity index (χ2v) is 6.96. The number of likely N-dealkylation sites (N-methyl/N-ethyl adjacent to an activating group) is 1. The molecule has 3 rings (SSSR count). The van der Waals surface area contributed by atoms with Crippen LogP contribution in [0.3, 0.4) is 0 Å². The molecule has 0 bridgehead atoms. The van der Waals surface area contributed by atoms with E-state index in [1.807, 2.05) is 17.9 Å². The van der Waals surface area contributed by atoms with Crippen molar-refractivity contribution in [1.29, 1.82) is 0 Å². The van der Waals surface area contributed by atoms with Crippen molar-refractivity contribution in [2.45, 2.75) is 39.2 Å². The van der Waals surface area contributed by atoms with Crippen LogP contribution >= 0.6 is 0 Å². The number of aryl methyl sites for hydroxylation is 1. The van der Waals surface area contributed by atoms with Crippen LogP contribution in [0.4, 0.5) is 0 Å². The number of piperidine rings is 1. The Morgan fingerprint density at radius 3 is 3.08 bits per heavy atom. The second kappa shape index (κ2) is 7.97. The lowest BCUT2D eigenvalue weighted by molar-refractivity contribution is -0.132. The number of fused-ring (bicyclic) bond motifs is 1. The van der Waals surface area contributed by atoms with Crippen LogP contribution < -0.4 is 0 Å². The molecule has 1 aromatic heterocycles. The minimum atomic E-state index is -0.296. The lowest BCUT2D eigenvalue weighted by atomic mass is 10.1. The zero-order valence-corrected chi connectivity index (χ0v) is 15.2. The molecule has 136 valence electrons. The van der Waals surface area contributed by atoms with Gasteiger partial charge in [-0.05, 0) is 50.9 Å². The van der Waals surface area contributed by atoms with Gasteiger partial charge in [0.05, 0.1) is 23.7 Å². The number of amides is 1. The molecule has 1 aliphatic heterocycles. The number of aromatic nitrogens is 2. The van der Waals surface area contributed by atoms with Gasteiger partial charge in [-0.3, -0.25) is 9.69 Å². The number of carbonyl (C=O) groups excluding carboxylic acids is 1. The van der Waals surface area contributed by atoms with Crippen molar-refractivity contribution in [1.82, 2.24) is 19.8 Å². The summed E-state index contributed by atoms with van der Waals surface area (Å²) in [6.45, 7) is 7.30. The topological polar surface area (TPSA) is 72.5 Å². The number of aliphatic hydroxyl groups is 1. The molecule has 1 aliphatic rings. The fraction of sp³-hybridized carbons (Fsp3) is 0.579. The maximum atomic E-state index is 12.6. The van der Waals surface area contributed by atoms with E-state index in [2.05, 4.69) is 33.9 Å². The molecule has 0 saturated carbocycles. The summed E-state index contributed by atoms with van der Waals surface area (Å²) < 4.78 is 0. The number of aliphatic hydroxyl groups excluding tert-OH is 1. The van der Waals surface area contributed by atoms with Gasteiger partial charge in [-0.2, -0.15) is 0 Å². The summed E-state index contributed by atoms with van der Waals surface area (Å²) in [5.41, 5.74) is 3.22. The number of likely N-dealkylation sites (tertiary alicyclic amines) is 1. The SMILES string of the molecule is CCN(CCc1nc2ccc(C)cc2[nH]1)C(=O)CN1CCC[C@H](O)C1. The Bertz CT molecular complexity index is 727. The van der Waals surface area contributed by atoms with Crippen molar-refractivity contribution in [3.63, 3.8) is 0 Å². The van der Waals surface area contributed by atoms with Gasteiger partial charge in [0.1, 0.15) is 5.82 Å². The van der Waals surface area contributed by atoms with E-state index < -0.39 is 0 Å². The van der Waals surface area contributed by atoms with Gasteiger partial charge in [-0.15, -0.1) is 0 Å². The lowest BCUT2D eigenvalue weighted by Crippen LogP contribution is -2.46. The van der Waals surface area contributed by atoms with Crippen LogP contribution in [-0.4, -0.2) is 69.6 Å². The van der Waals surface area contributed by atoms with Gasteiger partial charge in [0, 0.05) is 26.1 Å². The first-order valence-corrected chi connectivity index (χ1v) is 9.18. The predicted octanol–water partition coefficient (Wildman–Crippen LogP) is 1.72. The van der Waals surface area contributed by atoms with Crippen molar-refractivity contribution < 1.29 is 9.90 Å². The number of nitrogens with one attached hydrogen (secondary N) is 1. The number of nitrogens with zero attached hydrogens (tertiary/aromatic N) is 3. The van der Waals surface area contributed by atoms with E-state index in [9.17, 15) is 9.90 Å². The minimum absolute atomic E-state index is 0.128. The number of aromatic amines is 1. The molecule has 1 aromatic carbocycles. The van der Waals surface area contributed by atoms with Crippen molar-refractivity contribution >= 4 is 16.9 Å². The average molecular weight is 344 g/mol. The highest BCUT2D eigenvalue weighted by Crippen LogP contribution is 2.14. The first-order valence-electron chi connectivity index (χ1n) is 9.18. The van der Waals surface area contributed by atoms with Crippen LogP contribution in [0, 0.1) is 6.92 Å². The van der Waals surface area contributed by atoms with Crippen LogP contribution in [0.15, 0.2) is 18.2 Å². The third kappa shape index (κ3) is 4.58.